The molecule has 2 aromatic rings. The zero-order valence-electron chi connectivity index (χ0n) is 16.8. The summed E-state index contributed by atoms with van der Waals surface area (Å²) >= 11 is 0. The van der Waals surface area contributed by atoms with E-state index in [1.54, 1.807) is 24.3 Å². The van der Waals surface area contributed by atoms with E-state index in [1.165, 1.54) is 12.8 Å². The molecule has 0 spiro atoms. The van der Waals surface area contributed by atoms with E-state index in [9.17, 15) is 4.79 Å². The molecule has 150 valence electrons. The molecule has 2 heterocycles. The van der Waals surface area contributed by atoms with Crippen LogP contribution in [-0.4, -0.2) is 48.2 Å². The first kappa shape index (κ1) is 19.9. The molecule has 28 heavy (non-hydrogen) atoms. The van der Waals surface area contributed by atoms with E-state index in [0.29, 0.717) is 30.4 Å². The van der Waals surface area contributed by atoms with Crippen molar-refractivity contribution in [2.24, 2.45) is 0 Å². The second kappa shape index (κ2) is 9.39. The van der Waals surface area contributed by atoms with Crippen molar-refractivity contribution in [2.75, 3.05) is 31.1 Å². The SMILES string of the molecule is Cc1nc(OCCNC(=O)c2ccc(OC(C)C)cc2)cc(N2CCCC2)n1. The minimum atomic E-state index is -0.142. The number of carbonyl (C=O) groups is 1. The highest BCUT2D eigenvalue weighted by Gasteiger charge is 2.15. The van der Waals surface area contributed by atoms with E-state index < -0.39 is 0 Å². The Hall–Kier alpha value is -2.83. The van der Waals surface area contributed by atoms with Crippen molar-refractivity contribution in [2.45, 2.75) is 39.7 Å². The molecule has 0 saturated carbocycles. The molecule has 0 bridgehead atoms. The number of ether oxygens (including phenoxy) is 2. The van der Waals surface area contributed by atoms with Crippen LogP contribution in [0.4, 0.5) is 5.82 Å². The number of aromatic nitrogens is 2. The summed E-state index contributed by atoms with van der Waals surface area (Å²) in [6.45, 7) is 8.57. The maximum absolute atomic E-state index is 12.2. The van der Waals surface area contributed by atoms with Gasteiger partial charge in [0, 0.05) is 24.7 Å². The molecule has 1 amide bonds. The van der Waals surface area contributed by atoms with Crippen LogP contribution < -0.4 is 19.7 Å². The molecular weight excluding hydrogens is 356 g/mol. The van der Waals surface area contributed by atoms with Crippen molar-refractivity contribution in [1.29, 1.82) is 0 Å². The van der Waals surface area contributed by atoms with E-state index in [-0.39, 0.29) is 12.0 Å². The van der Waals surface area contributed by atoms with Gasteiger partial charge < -0.3 is 19.7 Å². The van der Waals surface area contributed by atoms with Gasteiger partial charge in [-0.1, -0.05) is 0 Å². The van der Waals surface area contributed by atoms with E-state index in [2.05, 4.69) is 20.2 Å². The van der Waals surface area contributed by atoms with Crippen molar-refractivity contribution >= 4 is 11.7 Å². The van der Waals surface area contributed by atoms with Crippen molar-refractivity contribution < 1.29 is 14.3 Å². The summed E-state index contributed by atoms with van der Waals surface area (Å²) in [6.07, 6.45) is 2.49. The Labute approximate surface area is 166 Å². The highest BCUT2D eigenvalue weighted by atomic mass is 16.5. The average molecular weight is 384 g/mol. The van der Waals surface area contributed by atoms with E-state index >= 15 is 0 Å². The Bertz CT molecular complexity index is 787. The number of nitrogens with one attached hydrogen (secondary N) is 1. The van der Waals surface area contributed by atoms with Gasteiger partial charge >= 0.3 is 0 Å². The van der Waals surface area contributed by atoms with Gasteiger partial charge in [-0.3, -0.25) is 4.79 Å². The fraction of sp³-hybridized carbons (Fsp3) is 0.476. The first-order valence-electron chi connectivity index (χ1n) is 9.79. The maximum Gasteiger partial charge on any atom is 0.251 e. The second-order valence-electron chi connectivity index (χ2n) is 7.10. The molecule has 0 aliphatic carbocycles. The third kappa shape index (κ3) is 5.58. The second-order valence-corrected chi connectivity index (χ2v) is 7.10. The molecule has 1 aliphatic rings. The molecule has 1 aromatic heterocycles. The number of hydrogen-bond acceptors (Lipinski definition) is 6. The molecule has 1 saturated heterocycles. The summed E-state index contributed by atoms with van der Waals surface area (Å²) in [7, 11) is 0. The maximum atomic E-state index is 12.2. The van der Waals surface area contributed by atoms with Crippen LogP contribution in [0, 0.1) is 6.92 Å². The molecular formula is C21H28N4O3. The van der Waals surface area contributed by atoms with Crippen LogP contribution >= 0.6 is 0 Å². The fourth-order valence-corrected chi connectivity index (χ4v) is 3.09. The van der Waals surface area contributed by atoms with Gasteiger partial charge in [0.25, 0.3) is 5.91 Å². The number of anilines is 1. The summed E-state index contributed by atoms with van der Waals surface area (Å²) in [4.78, 5) is 23.3. The van der Waals surface area contributed by atoms with Crippen LogP contribution in [0.25, 0.3) is 0 Å². The number of carbonyl (C=O) groups excluding carboxylic acids is 1. The standard InChI is InChI=1S/C21H28N4O3/c1-15(2)28-18-8-6-17(7-9-18)21(26)22-10-13-27-20-14-19(23-16(3)24-20)25-11-4-5-12-25/h6-9,14-15H,4-5,10-13H2,1-3H3,(H,22,26). The van der Waals surface area contributed by atoms with Gasteiger partial charge in [-0.25, -0.2) is 4.98 Å². The average Bonchev–Trinajstić information content (AvgIpc) is 3.20. The molecule has 1 aromatic carbocycles. The predicted molar refractivity (Wildman–Crippen MR) is 108 cm³/mol. The summed E-state index contributed by atoms with van der Waals surface area (Å²) in [5, 5.41) is 2.86. The van der Waals surface area contributed by atoms with Crippen LogP contribution in [0.1, 0.15) is 42.9 Å². The lowest BCUT2D eigenvalue weighted by Gasteiger charge is -2.17. The lowest BCUT2D eigenvalue weighted by molar-refractivity contribution is 0.0946. The van der Waals surface area contributed by atoms with Gasteiger partial charge in [0.15, 0.2) is 0 Å². The minimum Gasteiger partial charge on any atom is -0.491 e. The summed E-state index contributed by atoms with van der Waals surface area (Å²) < 4.78 is 11.3. The predicted octanol–water partition coefficient (Wildman–Crippen LogP) is 2.98. The fourth-order valence-electron chi connectivity index (χ4n) is 3.09. The number of nitrogens with zero attached hydrogens (tertiary/aromatic N) is 3. The van der Waals surface area contributed by atoms with Gasteiger partial charge in [-0.05, 0) is 57.9 Å². The van der Waals surface area contributed by atoms with Crippen LogP contribution in [-0.2, 0) is 0 Å². The molecule has 3 rings (SSSR count). The van der Waals surface area contributed by atoms with Gasteiger partial charge in [0.2, 0.25) is 5.88 Å². The quantitative estimate of drug-likeness (QED) is 0.705. The Morgan fingerprint density at radius 2 is 1.89 bits per heavy atom. The number of hydrogen-bond donors (Lipinski definition) is 1. The minimum absolute atomic E-state index is 0.105. The molecule has 1 N–H and O–H groups in total. The third-order valence-electron chi connectivity index (χ3n) is 4.36. The van der Waals surface area contributed by atoms with Crippen LogP contribution in [0.5, 0.6) is 11.6 Å². The van der Waals surface area contributed by atoms with E-state index in [4.69, 9.17) is 9.47 Å². The van der Waals surface area contributed by atoms with E-state index in [0.717, 1.165) is 24.7 Å². The lowest BCUT2D eigenvalue weighted by atomic mass is 10.2. The first-order valence-corrected chi connectivity index (χ1v) is 9.79. The highest BCUT2D eigenvalue weighted by Crippen LogP contribution is 2.21. The number of aryl methyl sites for hydroxylation is 1. The number of amides is 1. The Kier molecular flexibility index (Phi) is 6.68. The summed E-state index contributed by atoms with van der Waals surface area (Å²) in [5.41, 5.74) is 0.588. The molecule has 1 fully saturated rings. The highest BCUT2D eigenvalue weighted by molar-refractivity contribution is 5.94. The third-order valence-corrected chi connectivity index (χ3v) is 4.36. The Morgan fingerprint density at radius 1 is 1.18 bits per heavy atom. The Morgan fingerprint density at radius 3 is 2.57 bits per heavy atom. The van der Waals surface area contributed by atoms with E-state index in [1.807, 2.05) is 26.8 Å². The molecule has 0 radical (unpaired) electrons. The largest absolute Gasteiger partial charge is 0.491 e. The lowest BCUT2D eigenvalue weighted by Crippen LogP contribution is -2.28. The first-order chi connectivity index (χ1) is 13.5. The van der Waals surface area contributed by atoms with Gasteiger partial charge in [-0.15, -0.1) is 0 Å². The van der Waals surface area contributed by atoms with Gasteiger partial charge in [0.05, 0.1) is 12.6 Å². The van der Waals surface area contributed by atoms with Crippen LogP contribution in [0.2, 0.25) is 0 Å². The monoisotopic (exact) mass is 384 g/mol. The molecule has 7 heteroatoms. The van der Waals surface area contributed by atoms with Crippen molar-refractivity contribution in [3.05, 3.63) is 41.7 Å². The normalized spacial score (nSPS) is 13.6. The molecule has 1 aliphatic heterocycles. The summed E-state index contributed by atoms with van der Waals surface area (Å²) in [6, 6.07) is 8.98. The van der Waals surface area contributed by atoms with Gasteiger partial charge in [-0.2, -0.15) is 4.98 Å². The number of benzene rings is 1. The molecule has 0 atom stereocenters. The van der Waals surface area contributed by atoms with Crippen molar-refractivity contribution in [3.8, 4) is 11.6 Å². The smallest absolute Gasteiger partial charge is 0.251 e. The van der Waals surface area contributed by atoms with Crippen molar-refractivity contribution in [3.63, 3.8) is 0 Å². The van der Waals surface area contributed by atoms with Gasteiger partial charge in [0.1, 0.15) is 24.0 Å². The number of rotatable bonds is 8. The Balaban J connectivity index is 1.47. The topological polar surface area (TPSA) is 76.6 Å². The van der Waals surface area contributed by atoms with Crippen LogP contribution in [0.15, 0.2) is 30.3 Å². The van der Waals surface area contributed by atoms with Crippen molar-refractivity contribution in [1.82, 2.24) is 15.3 Å². The summed E-state index contributed by atoms with van der Waals surface area (Å²) in [5.74, 6) is 2.75. The molecule has 7 nitrogen and oxygen atoms in total. The van der Waals surface area contributed by atoms with Crippen LogP contribution in [0.3, 0.4) is 0 Å². The molecule has 0 unspecified atom stereocenters. The zero-order chi connectivity index (χ0) is 19.9. The zero-order valence-corrected chi connectivity index (χ0v) is 16.8.